The largest absolute Gasteiger partial charge is 0.489 e. The number of thiazole rings is 1. The Kier molecular flexibility index (Phi) is 14.5. The molecule has 0 radical (unpaired) electrons. The van der Waals surface area contributed by atoms with Crippen LogP contribution in [-0.4, -0.2) is 93.7 Å². The average Bonchev–Trinajstić information content (AvgIpc) is 3.80. The van der Waals surface area contributed by atoms with E-state index in [1.165, 1.54) is 0 Å². The summed E-state index contributed by atoms with van der Waals surface area (Å²) in [6, 6.07) is 24.6. The highest BCUT2D eigenvalue weighted by Gasteiger charge is 2.32. The van der Waals surface area contributed by atoms with Gasteiger partial charge in [0.1, 0.15) is 35.1 Å². The number of rotatable bonds is 14. The van der Waals surface area contributed by atoms with Crippen LogP contribution in [-0.2, 0) is 28.6 Å². The van der Waals surface area contributed by atoms with Gasteiger partial charge in [-0.1, -0.05) is 65.8 Å². The summed E-state index contributed by atoms with van der Waals surface area (Å²) in [5.74, 6) is -1.95. The minimum absolute atomic E-state index is 0.0660. The molecule has 2 heterocycles. The number of carbonyl (C=O) groups is 4. The highest BCUT2D eigenvalue weighted by Crippen LogP contribution is 2.28. The van der Waals surface area contributed by atoms with Crippen molar-refractivity contribution in [3.63, 3.8) is 0 Å². The van der Waals surface area contributed by atoms with E-state index in [9.17, 15) is 24.3 Å². The van der Waals surface area contributed by atoms with E-state index in [1.807, 2.05) is 81.4 Å². The number of hydrogen-bond donors (Lipinski definition) is 4. The summed E-state index contributed by atoms with van der Waals surface area (Å²) in [5.41, 5.74) is -0.213. The monoisotopic (exact) mass is 842 g/mol. The summed E-state index contributed by atoms with van der Waals surface area (Å²) in [6.07, 6.45) is -2.96. The first kappa shape index (κ1) is 44.6. The molecular weight excluding hydrogens is 793 g/mol. The molecule has 1 fully saturated rings. The quantitative estimate of drug-likeness (QED) is 0.0324. The smallest absolute Gasteiger partial charge is 0.413 e. The summed E-state index contributed by atoms with van der Waals surface area (Å²) < 4.78 is 22.8. The third-order valence-electron chi connectivity index (χ3n) is 8.54. The standard InChI is InChI=1S/C43H50N6O10S/c1-26-33(46-39(60-26)47-40(53)57-42(2,3)4)34(37(50)51)48-59-32(38(52)56-35(27-14-10-8-11-15-27)28-16-12-9-13-17-28)25-55-31-20-18-29(19-21-31)36(44)45-30-22-23-49(24-30)41(54)58-43(5,6)7/h8-21,30,32,35H,22-25H2,1-7H3,(H2,44,45)(H,50,51)(H,46,47,53)/b48-34-. The van der Waals surface area contributed by atoms with Crippen molar-refractivity contribution in [3.8, 4) is 5.75 Å². The lowest BCUT2D eigenvalue weighted by Crippen LogP contribution is -2.40. The molecule has 1 aromatic heterocycles. The maximum Gasteiger partial charge on any atom is 0.413 e. The van der Waals surface area contributed by atoms with Crippen LogP contribution in [0.5, 0.6) is 5.75 Å². The number of aryl methyl sites for hydroxylation is 1. The van der Waals surface area contributed by atoms with Gasteiger partial charge in [-0.3, -0.25) is 10.7 Å². The number of amidine groups is 1. The van der Waals surface area contributed by atoms with Crippen LogP contribution in [0.1, 0.15) is 81.3 Å². The maximum absolute atomic E-state index is 14.0. The van der Waals surface area contributed by atoms with Gasteiger partial charge in [0.25, 0.3) is 6.10 Å². The number of carboxylic acids is 1. The molecule has 0 spiro atoms. The Morgan fingerprint density at radius 1 is 0.917 bits per heavy atom. The predicted octanol–water partition coefficient (Wildman–Crippen LogP) is 7.31. The molecule has 0 bridgehead atoms. The summed E-state index contributed by atoms with van der Waals surface area (Å²) >= 11 is 1.00. The number of amides is 2. The number of aromatic nitrogens is 1. The summed E-state index contributed by atoms with van der Waals surface area (Å²) in [7, 11) is 0. The molecule has 5 rings (SSSR count). The van der Waals surface area contributed by atoms with Gasteiger partial charge < -0.3 is 39.1 Å². The minimum atomic E-state index is -1.58. The summed E-state index contributed by atoms with van der Waals surface area (Å²) in [4.78, 5) is 63.3. The van der Waals surface area contributed by atoms with Gasteiger partial charge in [0.05, 0.1) is 0 Å². The van der Waals surface area contributed by atoms with Crippen molar-refractivity contribution < 1.29 is 48.1 Å². The molecule has 1 aliphatic heterocycles. The Morgan fingerprint density at radius 3 is 2.08 bits per heavy atom. The van der Waals surface area contributed by atoms with Crippen molar-refractivity contribution >= 4 is 52.1 Å². The Labute approximate surface area is 352 Å². The van der Waals surface area contributed by atoms with Crippen LogP contribution in [0.2, 0.25) is 0 Å². The van der Waals surface area contributed by atoms with Crippen LogP contribution in [0.25, 0.3) is 0 Å². The van der Waals surface area contributed by atoms with Gasteiger partial charge in [0, 0.05) is 29.6 Å². The van der Waals surface area contributed by atoms with Gasteiger partial charge in [-0.15, -0.1) is 11.3 Å². The van der Waals surface area contributed by atoms with Crippen LogP contribution in [0.4, 0.5) is 14.7 Å². The van der Waals surface area contributed by atoms with Crippen LogP contribution < -0.4 is 15.4 Å². The normalized spacial score (nSPS) is 14.8. The fraction of sp³-hybridized carbons (Fsp3) is 0.372. The molecule has 2 unspecified atom stereocenters. The molecule has 4 aromatic rings. The lowest BCUT2D eigenvalue weighted by molar-refractivity contribution is -0.163. The zero-order valence-corrected chi connectivity index (χ0v) is 35.3. The van der Waals surface area contributed by atoms with Gasteiger partial charge in [0.2, 0.25) is 5.71 Å². The van der Waals surface area contributed by atoms with Crippen molar-refractivity contribution in [1.82, 2.24) is 15.2 Å². The van der Waals surface area contributed by atoms with E-state index in [0.717, 1.165) is 11.3 Å². The van der Waals surface area contributed by atoms with E-state index in [0.29, 0.717) is 46.8 Å². The number of aliphatic carboxylic acids is 1. The number of likely N-dealkylation sites (tertiary alicyclic amines) is 1. The van der Waals surface area contributed by atoms with E-state index >= 15 is 0 Å². The Bertz CT molecular complexity index is 2130. The van der Waals surface area contributed by atoms with Crippen LogP contribution >= 0.6 is 11.3 Å². The summed E-state index contributed by atoms with van der Waals surface area (Å²) in [6.45, 7) is 12.6. The Morgan fingerprint density at radius 2 is 1.52 bits per heavy atom. The van der Waals surface area contributed by atoms with Gasteiger partial charge in [-0.25, -0.2) is 24.2 Å². The van der Waals surface area contributed by atoms with E-state index in [2.05, 4.69) is 20.8 Å². The van der Waals surface area contributed by atoms with Crippen LogP contribution in [0.15, 0.2) is 90.1 Å². The van der Waals surface area contributed by atoms with Gasteiger partial charge >= 0.3 is 24.1 Å². The maximum atomic E-state index is 14.0. The second kappa shape index (κ2) is 19.5. The van der Waals surface area contributed by atoms with Crippen molar-refractivity contribution in [3.05, 3.63) is 112 Å². The molecule has 0 aliphatic carbocycles. The number of carboxylic acid groups (broad SMARTS) is 1. The molecular formula is C43H50N6O10S. The molecule has 4 N–H and O–H groups in total. The minimum Gasteiger partial charge on any atom is -0.489 e. The second-order valence-electron chi connectivity index (χ2n) is 15.8. The molecule has 1 aliphatic rings. The van der Waals surface area contributed by atoms with E-state index < -0.39 is 59.9 Å². The molecule has 0 saturated carbocycles. The molecule has 3 aromatic carbocycles. The predicted molar refractivity (Wildman–Crippen MR) is 225 cm³/mol. The number of esters is 1. The van der Waals surface area contributed by atoms with Gasteiger partial charge in [-0.2, -0.15) is 0 Å². The lowest BCUT2D eigenvalue weighted by atomic mass is 10.0. The molecule has 1 saturated heterocycles. The molecule has 318 valence electrons. The second-order valence-corrected chi connectivity index (χ2v) is 17.0. The number of ether oxygens (including phenoxy) is 4. The van der Waals surface area contributed by atoms with Gasteiger partial charge in [0.15, 0.2) is 11.2 Å². The third-order valence-corrected chi connectivity index (χ3v) is 9.42. The first-order valence-corrected chi connectivity index (χ1v) is 20.0. The van der Waals surface area contributed by atoms with E-state index in [1.54, 1.807) is 56.9 Å². The number of benzene rings is 3. The fourth-order valence-electron chi connectivity index (χ4n) is 5.83. The van der Waals surface area contributed by atoms with Gasteiger partial charge in [-0.05, 0) is 90.3 Å². The molecule has 2 amide bonds. The number of nitrogens with zero attached hydrogens (tertiary/aromatic N) is 3. The highest BCUT2D eigenvalue weighted by atomic mass is 32.1. The molecule has 60 heavy (non-hydrogen) atoms. The summed E-state index contributed by atoms with van der Waals surface area (Å²) in [5, 5.41) is 28.4. The van der Waals surface area contributed by atoms with Crippen molar-refractivity contribution in [2.45, 2.75) is 84.3 Å². The SMILES string of the molecule is Cc1sc(NC(=O)OC(C)(C)C)nc1/C(=N/OC(COc1ccc(C(=N)NC2CCN(C(=O)OC(C)(C)C)C2)cc1)C(=O)OC(c1ccccc1)c1ccccc1)C(=O)O. The number of hydrogen-bond acceptors (Lipinski definition) is 13. The lowest BCUT2D eigenvalue weighted by Gasteiger charge is -2.24. The highest BCUT2D eigenvalue weighted by molar-refractivity contribution is 7.16. The Balaban J connectivity index is 1.33. The molecule has 17 heteroatoms. The first-order valence-electron chi connectivity index (χ1n) is 19.2. The fourth-order valence-corrected chi connectivity index (χ4v) is 6.63. The number of anilines is 1. The van der Waals surface area contributed by atoms with E-state index in [-0.39, 0.29) is 22.7 Å². The Hall–Kier alpha value is -6.49. The number of carbonyl (C=O) groups excluding carboxylic acids is 3. The van der Waals surface area contributed by atoms with Crippen LogP contribution in [0.3, 0.4) is 0 Å². The average molecular weight is 843 g/mol. The number of oxime groups is 1. The van der Waals surface area contributed by atoms with Crippen LogP contribution in [0, 0.1) is 12.3 Å². The topological polar surface area (TPSA) is 211 Å². The van der Waals surface area contributed by atoms with Crippen molar-refractivity contribution in [2.24, 2.45) is 5.16 Å². The zero-order chi connectivity index (χ0) is 43.6. The number of nitrogens with one attached hydrogen (secondary N) is 3. The molecule has 2 atom stereocenters. The van der Waals surface area contributed by atoms with Crippen molar-refractivity contribution in [2.75, 3.05) is 25.0 Å². The first-order chi connectivity index (χ1) is 28.3. The molecule has 16 nitrogen and oxygen atoms in total. The third kappa shape index (κ3) is 13.0. The zero-order valence-electron chi connectivity index (χ0n) is 34.5. The van der Waals surface area contributed by atoms with E-state index in [4.69, 9.17) is 29.2 Å². The van der Waals surface area contributed by atoms with Crippen molar-refractivity contribution in [1.29, 1.82) is 5.41 Å².